The topological polar surface area (TPSA) is 12.5 Å². The molecule has 2 atom stereocenters. The van der Waals surface area contributed by atoms with Crippen molar-refractivity contribution in [3.8, 4) is 0 Å². The Balaban J connectivity index is 1.89. The Labute approximate surface area is 128 Å². The minimum absolute atomic E-state index is 0.106. The van der Waals surface area contributed by atoms with Crippen molar-refractivity contribution in [1.82, 2.24) is 4.90 Å². The third-order valence-electron chi connectivity index (χ3n) is 3.85. The maximum Gasteiger partial charge on any atom is 0.115 e. The molecule has 0 bridgehead atoms. The first-order chi connectivity index (χ1) is 9.79. The summed E-state index contributed by atoms with van der Waals surface area (Å²) in [5, 5.41) is 0. The number of halogens is 1. The summed E-state index contributed by atoms with van der Waals surface area (Å²) in [5.41, 5.74) is 4.01. The number of nitrogens with zero attached hydrogens (tertiary/aromatic N) is 1. The summed E-state index contributed by atoms with van der Waals surface area (Å²) < 4.78 is 5.70. The number of alkyl halides is 1. The van der Waals surface area contributed by atoms with Crippen molar-refractivity contribution in [2.75, 3.05) is 7.11 Å². The van der Waals surface area contributed by atoms with Gasteiger partial charge in [0.05, 0.1) is 4.95 Å². The Kier molecular flexibility index (Phi) is 4.20. The molecule has 3 rings (SSSR count). The molecule has 2 aromatic rings. The van der Waals surface area contributed by atoms with Crippen LogP contribution in [-0.2, 0) is 17.7 Å². The second-order valence-corrected chi connectivity index (χ2v) is 5.95. The van der Waals surface area contributed by atoms with Crippen molar-refractivity contribution in [2.45, 2.75) is 24.1 Å². The first-order valence-corrected chi connectivity index (χ1v) is 7.75. The van der Waals surface area contributed by atoms with Crippen molar-refractivity contribution >= 4 is 15.9 Å². The Morgan fingerprint density at radius 1 is 1.10 bits per heavy atom. The molecule has 2 unspecified atom stereocenters. The van der Waals surface area contributed by atoms with Crippen LogP contribution in [0.1, 0.15) is 21.6 Å². The van der Waals surface area contributed by atoms with Crippen LogP contribution in [0.4, 0.5) is 0 Å². The lowest BCUT2D eigenvalue weighted by molar-refractivity contribution is -0.0497. The van der Waals surface area contributed by atoms with Crippen LogP contribution in [0.3, 0.4) is 0 Å². The molecule has 2 aromatic carbocycles. The first kappa shape index (κ1) is 13.8. The fourth-order valence-electron chi connectivity index (χ4n) is 2.78. The van der Waals surface area contributed by atoms with Gasteiger partial charge in [0.25, 0.3) is 0 Å². The zero-order valence-corrected chi connectivity index (χ0v) is 13.1. The normalized spacial score (nSPS) is 22.5. The second-order valence-electron chi connectivity index (χ2n) is 5.09. The van der Waals surface area contributed by atoms with Crippen LogP contribution in [0.5, 0.6) is 0 Å². The lowest BCUT2D eigenvalue weighted by atomic mass is 9.98. The van der Waals surface area contributed by atoms with Gasteiger partial charge < -0.3 is 4.74 Å². The Hall–Kier alpha value is -1.16. The predicted octanol–water partition coefficient (Wildman–Crippen LogP) is 4.11. The van der Waals surface area contributed by atoms with Crippen molar-refractivity contribution in [3.05, 3.63) is 71.3 Å². The molecule has 0 saturated carbocycles. The Morgan fingerprint density at radius 2 is 1.80 bits per heavy atom. The number of rotatable bonds is 3. The van der Waals surface area contributed by atoms with Gasteiger partial charge in [-0.3, -0.25) is 4.90 Å². The molecule has 2 nitrogen and oxygen atoms in total. The lowest BCUT2D eigenvalue weighted by Crippen LogP contribution is -2.42. The molecule has 1 heterocycles. The molecule has 0 fully saturated rings. The highest BCUT2D eigenvalue weighted by molar-refractivity contribution is 9.09. The molecule has 0 spiro atoms. The number of hydrogen-bond acceptors (Lipinski definition) is 2. The highest BCUT2D eigenvalue weighted by atomic mass is 79.9. The van der Waals surface area contributed by atoms with E-state index >= 15 is 0 Å². The molecular formula is C17H18BrNO. The first-order valence-electron chi connectivity index (χ1n) is 6.84. The van der Waals surface area contributed by atoms with E-state index in [0.717, 1.165) is 13.0 Å². The monoisotopic (exact) mass is 331 g/mol. The summed E-state index contributed by atoms with van der Waals surface area (Å²) in [4.78, 5) is 2.55. The maximum atomic E-state index is 5.70. The highest BCUT2D eigenvalue weighted by Crippen LogP contribution is 2.38. The number of methoxy groups -OCH3 is 1. The zero-order valence-electron chi connectivity index (χ0n) is 11.5. The van der Waals surface area contributed by atoms with Crippen LogP contribution < -0.4 is 0 Å². The lowest BCUT2D eigenvalue weighted by Gasteiger charge is -2.39. The van der Waals surface area contributed by atoms with Gasteiger partial charge >= 0.3 is 0 Å². The predicted molar refractivity (Wildman–Crippen MR) is 84.6 cm³/mol. The molecule has 104 valence electrons. The van der Waals surface area contributed by atoms with E-state index in [1.165, 1.54) is 16.7 Å². The third-order valence-corrected chi connectivity index (χ3v) is 4.87. The van der Waals surface area contributed by atoms with Gasteiger partial charge in [0.2, 0.25) is 0 Å². The molecule has 1 aliphatic heterocycles. The van der Waals surface area contributed by atoms with Crippen LogP contribution in [0.25, 0.3) is 0 Å². The molecule has 1 aliphatic rings. The summed E-state index contributed by atoms with van der Waals surface area (Å²) in [6.45, 7) is 0.879. The third kappa shape index (κ3) is 2.66. The molecule has 0 saturated heterocycles. The minimum atomic E-state index is 0.106. The van der Waals surface area contributed by atoms with E-state index in [4.69, 9.17) is 4.74 Å². The molecule has 20 heavy (non-hydrogen) atoms. The van der Waals surface area contributed by atoms with Gasteiger partial charge in [-0.15, -0.1) is 0 Å². The van der Waals surface area contributed by atoms with Gasteiger partial charge in [-0.25, -0.2) is 0 Å². The van der Waals surface area contributed by atoms with E-state index in [2.05, 4.69) is 75.4 Å². The zero-order chi connectivity index (χ0) is 13.9. The second kappa shape index (κ2) is 6.08. The Bertz CT molecular complexity index is 572. The fraction of sp³-hybridized carbons (Fsp3) is 0.294. The Morgan fingerprint density at radius 3 is 2.55 bits per heavy atom. The molecule has 0 amide bonds. The van der Waals surface area contributed by atoms with E-state index in [1.54, 1.807) is 7.11 Å². The van der Waals surface area contributed by atoms with Gasteiger partial charge in [-0.05, 0) is 16.7 Å². The van der Waals surface area contributed by atoms with Gasteiger partial charge in [0, 0.05) is 20.1 Å². The molecule has 0 N–H and O–H groups in total. The van der Waals surface area contributed by atoms with E-state index in [-0.39, 0.29) is 11.2 Å². The van der Waals surface area contributed by atoms with Crippen LogP contribution in [0, 0.1) is 0 Å². The summed E-state index contributed by atoms with van der Waals surface area (Å²) in [5.74, 6) is 0. The van der Waals surface area contributed by atoms with E-state index < -0.39 is 0 Å². The fourth-order valence-corrected chi connectivity index (χ4v) is 3.63. The minimum Gasteiger partial charge on any atom is -0.366 e. The van der Waals surface area contributed by atoms with Gasteiger partial charge in [0.15, 0.2) is 0 Å². The summed E-state index contributed by atoms with van der Waals surface area (Å²) in [6.07, 6.45) is 1.04. The van der Waals surface area contributed by atoms with Crippen molar-refractivity contribution in [2.24, 2.45) is 0 Å². The molecular weight excluding hydrogens is 314 g/mol. The van der Waals surface area contributed by atoms with E-state index in [0.29, 0.717) is 0 Å². The van der Waals surface area contributed by atoms with Crippen molar-refractivity contribution in [3.63, 3.8) is 0 Å². The summed E-state index contributed by atoms with van der Waals surface area (Å²) in [7, 11) is 1.79. The standard InChI is InChI=1S/C17H18BrNO/c1-20-16-11-14-9-5-6-10-15(14)17(18)19(16)12-13-7-3-2-4-8-13/h2-10,16-17H,11-12H2,1H3. The van der Waals surface area contributed by atoms with Crippen molar-refractivity contribution in [1.29, 1.82) is 0 Å². The van der Waals surface area contributed by atoms with Crippen LogP contribution in [-0.4, -0.2) is 18.2 Å². The van der Waals surface area contributed by atoms with Gasteiger partial charge in [-0.2, -0.15) is 0 Å². The van der Waals surface area contributed by atoms with Crippen LogP contribution in [0.15, 0.2) is 54.6 Å². The SMILES string of the molecule is COC1Cc2ccccc2C(Br)N1Cc1ccccc1. The summed E-state index contributed by atoms with van der Waals surface area (Å²) >= 11 is 3.84. The average molecular weight is 332 g/mol. The van der Waals surface area contributed by atoms with Crippen LogP contribution >= 0.6 is 15.9 Å². The molecule has 0 radical (unpaired) electrons. The quantitative estimate of drug-likeness (QED) is 0.619. The molecule has 3 heteroatoms. The number of ether oxygens (including phenoxy) is 1. The molecule has 0 aromatic heterocycles. The van der Waals surface area contributed by atoms with Gasteiger partial charge in [-0.1, -0.05) is 70.5 Å². The number of fused-ring (bicyclic) bond motifs is 1. The van der Waals surface area contributed by atoms with E-state index in [1.807, 2.05) is 0 Å². The van der Waals surface area contributed by atoms with Gasteiger partial charge in [0.1, 0.15) is 6.23 Å². The molecule has 0 aliphatic carbocycles. The number of benzene rings is 2. The number of hydrogen-bond donors (Lipinski definition) is 0. The highest BCUT2D eigenvalue weighted by Gasteiger charge is 2.32. The van der Waals surface area contributed by atoms with E-state index in [9.17, 15) is 0 Å². The summed E-state index contributed by atoms with van der Waals surface area (Å²) in [6, 6.07) is 19.1. The van der Waals surface area contributed by atoms with Crippen LogP contribution in [0.2, 0.25) is 0 Å². The average Bonchev–Trinajstić information content (AvgIpc) is 2.51. The maximum absolute atomic E-state index is 5.70. The smallest absolute Gasteiger partial charge is 0.115 e. The largest absolute Gasteiger partial charge is 0.366 e. The van der Waals surface area contributed by atoms with Crippen molar-refractivity contribution < 1.29 is 4.74 Å².